The van der Waals surface area contributed by atoms with Gasteiger partial charge in [-0.1, -0.05) is 20.3 Å². The van der Waals surface area contributed by atoms with Crippen LogP contribution in [0.25, 0.3) is 0 Å². The standard InChI is InChI=1S/C11H16N2O4/c1-3-5-8(10(15)16)13-6-7(4-2)9(14)12-11(13)17/h6,8H,3-5H2,1-2H3,(H,15,16)(H,12,14,17). The third kappa shape index (κ3) is 2.83. The lowest BCUT2D eigenvalue weighted by atomic mass is 10.1. The zero-order valence-electron chi connectivity index (χ0n) is 9.90. The SMILES string of the molecule is CCCC(C(=O)O)n1cc(CC)c(=O)[nH]c1=O. The Hall–Kier alpha value is -1.85. The molecule has 0 amide bonds. The third-order valence-electron chi connectivity index (χ3n) is 2.61. The Kier molecular flexibility index (Phi) is 4.25. The molecule has 2 N–H and O–H groups in total. The molecule has 1 heterocycles. The van der Waals surface area contributed by atoms with E-state index >= 15 is 0 Å². The van der Waals surface area contributed by atoms with Crippen molar-refractivity contribution >= 4 is 5.97 Å². The van der Waals surface area contributed by atoms with Crippen LogP contribution in [0.1, 0.15) is 38.3 Å². The van der Waals surface area contributed by atoms with Crippen molar-refractivity contribution in [1.29, 1.82) is 0 Å². The molecule has 0 bridgehead atoms. The number of hydrogen-bond donors (Lipinski definition) is 2. The second kappa shape index (κ2) is 5.47. The second-order valence-electron chi connectivity index (χ2n) is 3.82. The number of nitrogens with one attached hydrogen (secondary N) is 1. The highest BCUT2D eigenvalue weighted by molar-refractivity contribution is 5.71. The Morgan fingerprint density at radius 2 is 2.12 bits per heavy atom. The molecule has 0 aromatic carbocycles. The smallest absolute Gasteiger partial charge is 0.329 e. The topological polar surface area (TPSA) is 92.2 Å². The fourth-order valence-electron chi connectivity index (χ4n) is 1.67. The summed E-state index contributed by atoms with van der Waals surface area (Å²) < 4.78 is 1.09. The number of carbonyl (C=O) groups is 1. The highest BCUT2D eigenvalue weighted by Gasteiger charge is 2.20. The lowest BCUT2D eigenvalue weighted by Crippen LogP contribution is -2.36. The molecule has 6 nitrogen and oxygen atoms in total. The van der Waals surface area contributed by atoms with Crippen LogP contribution in [0.4, 0.5) is 0 Å². The maximum absolute atomic E-state index is 11.6. The van der Waals surface area contributed by atoms with Crippen LogP contribution in [0.5, 0.6) is 0 Å². The molecular weight excluding hydrogens is 224 g/mol. The lowest BCUT2D eigenvalue weighted by Gasteiger charge is -2.14. The number of aryl methyl sites for hydroxylation is 1. The predicted molar refractivity (Wildman–Crippen MR) is 62.3 cm³/mol. The highest BCUT2D eigenvalue weighted by atomic mass is 16.4. The van der Waals surface area contributed by atoms with Gasteiger partial charge in [0.1, 0.15) is 6.04 Å². The van der Waals surface area contributed by atoms with Crippen molar-refractivity contribution in [1.82, 2.24) is 9.55 Å². The molecule has 1 atom stereocenters. The van der Waals surface area contributed by atoms with Crippen LogP contribution >= 0.6 is 0 Å². The summed E-state index contributed by atoms with van der Waals surface area (Å²) in [6, 6.07) is -0.922. The largest absolute Gasteiger partial charge is 0.480 e. The van der Waals surface area contributed by atoms with Crippen LogP contribution in [-0.2, 0) is 11.2 Å². The molecule has 0 aliphatic heterocycles. The average molecular weight is 240 g/mol. The van der Waals surface area contributed by atoms with Crippen LogP contribution < -0.4 is 11.2 Å². The van der Waals surface area contributed by atoms with E-state index in [2.05, 4.69) is 4.98 Å². The molecule has 0 aliphatic rings. The van der Waals surface area contributed by atoms with Crippen LogP contribution in [-0.4, -0.2) is 20.6 Å². The summed E-state index contributed by atoms with van der Waals surface area (Å²) in [5.41, 5.74) is -0.714. The first-order valence-corrected chi connectivity index (χ1v) is 5.58. The number of rotatable bonds is 5. The van der Waals surface area contributed by atoms with Gasteiger partial charge in [0.25, 0.3) is 5.56 Å². The van der Waals surface area contributed by atoms with Crippen molar-refractivity contribution < 1.29 is 9.90 Å². The molecule has 0 spiro atoms. The number of hydrogen-bond acceptors (Lipinski definition) is 3. The van der Waals surface area contributed by atoms with E-state index in [1.54, 1.807) is 6.92 Å². The van der Waals surface area contributed by atoms with Gasteiger partial charge >= 0.3 is 11.7 Å². The summed E-state index contributed by atoms with van der Waals surface area (Å²) in [4.78, 5) is 36.1. The monoisotopic (exact) mass is 240 g/mol. The molecule has 1 aromatic rings. The predicted octanol–water partition coefficient (Wildman–Crippen LogP) is 0.525. The maximum atomic E-state index is 11.6. The quantitative estimate of drug-likeness (QED) is 0.785. The summed E-state index contributed by atoms with van der Waals surface area (Å²) in [6.07, 6.45) is 2.79. The molecule has 0 aliphatic carbocycles. The van der Waals surface area contributed by atoms with Crippen molar-refractivity contribution in [2.45, 2.75) is 39.2 Å². The molecule has 94 valence electrons. The van der Waals surface area contributed by atoms with Gasteiger partial charge in [-0.05, 0) is 12.8 Å². The number of H-pyrrole nitrogens is 1. The fraction of sp³-hybridized carbons (Fsp3) is 0.545. The van der Waals surface area contributed by atoms with Crippen molar-refractivity contribution in [3.8, 4) is 0 Å². The molecule has 1 rings (SSSR count). The molecule has 0 radical (unpaired) electrons. The number of carboxylic acid groups (broad SMARTS) is 1. The first kappa shape index (κ1) is 13.2. The van der Waals surface area contributed by atoms with Crippen molar-refractivity contribution in [3.05, 3.63) is 32.6 Å². The van der Waals surface area contributed by atoms with E-state index in [1.807, 2.05) is 6.92 Å². The van der Waals surface area contributed by atoms with Crippen LogP contribution in [0.15, 0.2) is 15.8 Å². The highest BCUT2D eigenvalue weighted by Crippen LogP contribution is 2.11. The minimum Gasteiger partial charge on any atom is -0.480 e. The van der Waals surface area contributed by atoms with E-state index in [-0.39, 0.29) is 0 Å². The molecule has 1 unspecified atom stereocenters. The van der Waals surface area contributed by atoms with Gasteiger partial charge in [0.2, 0.25) is 0 Å². The second-order valence-corrected chi connectivity index (χ2v) is 3.82. The number of aromatic nitrogens is 2. The maximum Gasteiger partial charge on any atom is 0.329 e. The van der Waals surface area contributed by atoms with Gasteiger partial charge in [-0.2, -0.15) is 0 Å². The van der Waals surface area contributed by atoms with E-state index in [9.17, 15) is 14.4 Å². The summed E-state index contributed by atoms with van der Waals surface area (Å²) >= 11 is 0. The molecule has 1 aromatic heterocycles. The molecule has 0 fully saturated rings. The third-order valence-corrected chi connectivity index (χ3v) is 2.61. The fourth-order valence-corrected chi connectivity index (χ4v) is 1.67. The number of carboxylic acids is 1. The number of aliphatic carboxylic acids is 1. The lowest BCUT2D eigenvalue weighted by molar-refractivity contribution is -0.141. The van der Waals surface area contributed by atoms with Crippen LogP contribution in [0.3, 0.4) is 0 Å². The van der Waals surface area contributed by atoms with Crippen LogP contribution in [0.2, 0.25) is 0 Å². The number of aromatic amines is 1. The molecule has 0 saturated heterocycles. The zero-order chi connectivity index (χ0) is 13.0. The van der Waals surface area contributed by atoms with Crippen molar-refractivity contribution in [2.24, 2.45) is 0 Å². The molecular formula is C11H16N2O4. The van der Waals surface area contributed by atoms with Crippen molar-refractivity contribution in [3.63, 3.8) is 0 Å². The zero-order valence-corrected chi connectivity index (χ0v) is 9.90. The van der Waals surface area contributed by atoms with E-state index in [0.717, 1.165) is 4.57 Å². The van der Waals surface area contributed by atoms with E-state index in [1.165, 1.54) is 6.20 Å². The Balaban J connectivity index is 3.33. The Morgan fingerprint density at radius 1 is 1.47 bits per heavy atom. The molecule has 6 heteroatoms. The van der Waals surface area contributed by atoms with Gasteiger partial charge in [0.05, 0.1) is 0 Å². The van der Waals surface area contributed by atoms with Gasteiger partial charge in [-0.15, -0.1) is 0 Å². The Morgan fingerprint density at radius 3 is 2.59 bits per heavy atom. The summed E-state index contributed by atoms with van der Waals surface area (Å²) in [5, 5.41) is 9.06. The molecule has 0 saturated carbocycles. The van der Waals surface area contributed by atoms with Crippen molar-refractivity contribution in [2.75, 3.05) is 0 Å². The Bertz CT molecular complexity index is 515. The van der Waals surface area contributed by atoms with Crippen LogP contribution in [0, 0.1) is 0 Å². The molecule has 17 heavy (non-hydrogen) atoms. The summed E-state index contributed by atoms with van der Waals surface area (Å²) in [6.45, 7) is 3.61. The van der Waals surface area contributed by atoms with Gasteiger partial charge in [-0.25, -0.2) is 9.59 Å². The first-order valence-electron chi connectivity index (χ1n) is 5.58. The van der Waals surface area contributed by atoms with Gasteiger partial charge in [0, 0.05) is 11.8 Å². The average Bonchev–Trinajstić information content (AvgIpc) is 2.26. The van der Waals surface area contributed by atoms with E-state index in [4.69, 9.17) is 5.11 Å². The van der Waals surface area contributed by atoms with Gasteiger partial charge in [-0.3, -0.25) is 14.3 Å². The Labute approximate surface area is 97.9 Å². The summed E-state index contributed by atoms with van der Waals surface area (Å²) in [7, 11) is 0. The normalized spacial score (nSPS) is 12.4. The minimum absolute atomic E-state index is 0.352. The first-order chi connectivity index (χ1) is 8.01. The van der Waals surface area contributed by atoms with E-state index < -0.39 is 23.3 Å². The number of nitrogens with zero attached hydrogens (tertiary/aromatic N) is 1. The van der Waals surface area contributed by atoms with Gasteiger partial charge < -0.3 is 5.11 Å². The summed E-state index contributed by atoms with van der Waals surface area (Å²) in [5.74, 6) is -1.07. The minimum atomic E-state index is -1.07. The van der Waals surface area contributed by atoms with E-state index in [0.29, 0.717) is 24.8 Å². The van der Waals surface area contributed by atoms with Gasteiger partial charge in [0.15, 0.2) is 0 Å².